The summed E-state index contributed by atoms with van der Waals surface area (Å²) in [6.07, 6.45) is 85.3. The number of ether oxygens (including phenoxy) is 4. The summed E-state index contributed by atoms with van der Waals surface area (Å²) in [6, 6.07) is 0. The number of hydrogen-bond acceptors (Lipinski definition) is 15. The third-order valence-electron chi connectivity index (χ3n) is 15.4. The maximum absolute atomic E-state index is 13.1. The van der Waals surface area contributed by atoms with Crippen LogP contribution in [-0.4, -0.2) is 96.7 Å². The highest BCUT2D eigenvalue weighted by atomic mass is 31.2. The predicted molar refractivity (Wildman–Crippen MR) is 417 cm³/mol. The van der Waals surface area contributed by atoms with Crippen molar-refractivity contribution in [1.82, 2.24) is 0 Å². The summed E-state index contributed by atoms with van der Waals surface area (Å²) in [7, 11) is -10.00. The Kier molecular flexibility index (Phi) is 70.1. The van der Waals surface area contributed by atoms with Crippen LogP contribution in [0.2, 0.25) is 0 Å². The van der Waals surface area contributed by atoms with Gasteiger partial charge in [-0.3, -0.25) is 37.3 Å². The fraction of sp³-hybridized carbons (Fsp3) is 0.639. The van der Waals surface area contributed by atoms with Gasteiger partial charge in [-0.05, 0) is 161 Å². The van der Waals surface area contributed by atoms with E-state index in [4.69, 9.17) is 37.0 Å². The fourth-order valence-electron chi connectivity index (χ4n) is 9.61. The molecule has 0 aromatic carbocycles. The number of phosphoric ester groups is 2. The second kappa shape index (κ2) is 74.0. The molecule has 0 aromatic heterocycles. The summed E-state index contributed by atoms with van der Waals surface area (Å²) >= 11 is 0. The molecule has 0 fully saturated rings. The van der Waals surface area contributed by atoms with E-state index in [-0.39, 0.29) is 25.7 Å². The highest BCUT2D eigenvalue weighted by Gasteiger charge is 2.30. The second-order valence-corrected chi connectivity index (χ2v) is 28.1. The molecule has 0 aliphatic carbocycles. The summed E-state index contributed by atoms with van der Waals surface area (Å²) in [6.45, 7) is 4.42. The number of carbonyl (C=O) groups excluding carboxylic acids is 4. The van der Waals surface area contributed by atoms with Crippen molar-refractivity contribution in [3.05, 3.63) is 158 Å². The summed E-state index contributed by atoms with van der Waals surface area (Å²) in [5, 5.41) is 10.6. The van der Waals surface area contributed by atoms with Crippen LogP contribution in [0.1, 0.15) is 285 Å². The number of carbonyl (C=O) groups is 4. The van der Waals surface area contributed by atoms with Crippen molar-refractivity contribution >= 4 is 39.5 Å². The quantitative estimate of drug-likeness (QED) is 0.0169. The zero-order chi connectivity index (χ0) is 74.6. The van der Waals surface area contributed by atoms with Gasteiger partial charge in [-0.25, -0.2) is 9.13 Å². The molecule has 5 atom stereocenters. The summed E-state index contributed by atoms with van der Waals surface area (Å²) in [5.41, 5.74) is 0. The largest absolute Gasteiger partial charge is 0.472 e. The van der Waals surface area contributed by atoms with Crippen LogP contribution in [0.4, 0.5) is 0 Å². The molecule has 0 bridgehead atoms. The molecule has 102 heavy (non-hydrogen) atoms. The smallest absolute Gasteiger partial charge is 0.462 e. The SMILES string of the molecule is CC/C=C\C/C=C\C/C=C\C/C=C\C/C=C\CCCCCC(=O)OCC(COP(=O)(O)OCC(O)COP(=O)(O)OCC(COC(=O)CCCCCCC/C=C\C/C=C\CCC)OC(=O)CCCCCCC/C=C\CCCCCC)OC(=O)CCC/C=C\C/C=C\C/C=C\C/C=C\C/C=C\CC. The van der Waals surface area contributed by atoms with Crippen LogP contribution in [0.3, 0.4) is 0 Å². The number of esters is 4. The van der Waals surface area contributed by atoms with Gasteiger partial charge >= 0.3 is 39.5 Å². The lowest BCUT2D eigenvalue weighted by atomic mass is 10.1. The first-order valence-electron chi connectivity index (χ1n) is 38.7. The van der Waals surface area contributed by atoms with Gasteiger partial charge < -0.3 is 33.8 Å². The molecule has 0 amide bonds. The van der Waals surface area contributed by atoms with Crippen molar-refractivity contribution in [2.45, 2.75) is 303 Å². The van der Waals surface area contributed by atoms with Gasteiger partial charge in [0.25, 0.3) is 0 Å². The molecule has 0 radical (unpaired) electrons. The molecule has 5 unspecified atom stereocenters. The molecule has 0 heterocycles. The Labute approximate surface area is 617 Å². The van der Waals surface area contributed by atoms with E-state index >= 15 is 0 Å². The second-order valence-electron chi connectivity index (χ2n) is 25.2. The van der Waals surface area contributed by atoms with Crippen molar-refractivity contribution in [3.8, 4) is 0 Å². The summed E-state index contributed by atoms with van der Waals surface area (Å²) in [5.74, 6) is -2.32. The van der Waals surface area contributed by atoms with Crippen molar-refractivity contribution in [2.75, 3.05) is 39.6 Å². The topological polar surface area (TPSA) is 237 Å². The third-order valence-corrected chi connectivity index (χ3v) is 17.3. The van der Waals surface area contributed by atoms with E-state index in [1.807, 2.05) is 12.2 Å². The number of allylic oxidation sites excluding steroid dienone is 26. The number of phosphoric acid groups is 2. The summed E-state index contributed by atoms with van der Waals surface area (Å²) in [4.78, 5) is 72.9. The molecule has 0 aliphatic rings. The molecular weight excluding hydrogens is 1330 g/mol. The highest BCUT2D eigenvalue weighted by molar-refractivity contribution is 7.47. The molecule has 19 heteroatoms. The Morgan fingerprint density at radius 1 is 0.284 bits per heavy atom. The minimum atomic E-state index is -5.01. The van der Waals surface area contributed by atoms with Gasteiger partial charge in [-0.15, -0.1) is 0 Å². The first-order valence-corrected chi connectivity index (χ1v) is 41.7. The zero-order valence-electron chi connectivity index (χ0n) is 63.2. The van der Waals surface area contributed by atoms with E-state index in [2.05, 4.69) is 174 Å². The lowest BCUT2D eigenvalue weighted by Gasteiger charge is -2.21. The molecule has 3 N–H and O–H groups in total. The minimum absolute atomic E-state index is 0.00303. The van der Waals surface area contributed by atoms with Gasteiger partial charge in [0, 0.05) is 25.7 Å². The minimum Gasteiger partial charge on any atom is -0.462 e. The van der Waals surface area contributed by atoms with E-state index in [9.17, 15) is 43.2 Å². The van der Waals surface area contributed by atoms with Crippen LogP contribution in [0, 0.1) is 0 Å². The standard InChI is InChI=1S/C83H136O17P2/c1-5-9-13-17-21-25-29-33-35-37-38-40-41-45-48-52-56-60-64-68-81(86)94-74-79(100-83(88)70-66-62-58-54-50-46-42-39-36-34-30-26-22-18-14-10-6-2)76-98-102(91,92)96-72-77(84)71-95-101(89,90)97-75-78(99-82(87)69-65-61-57-53-49-44-32-28-24-20-16-12-8-4)73-93-80(85)67-63-59-55-51-47-43-31-27-23-19-15-11-7-3/h9-10,13-15,19,21-22,25-28,31-36,38,40,42,45-46,48,54,58,77-79,84H,5-8,11-12,16-18,20,23-24,29-30,37,39,41,43-44,47,49-53,55-57,59-76H2,1-4H3,(H,89,90)(H,91,92)/b13-9-,14-10-,19-15-,25-21-,26-22-,31-27-,32-28-,35-33-,36-34-,40-38-,46-42-,48-45-,58-54-. The zero-order valence-corrected chi connectivity index (χ0v) is 65.0. The molecule has 0 rings (SSSR count). The Morgan fingerprint density at radius 3 is 0.882 bits per heavy atom. The lowest BCUT2D eigenvalue weighted by molar-refractivity contribution is -0.161. The van der Waals surface area contributed by atoms with E-state index in [0.717, 1.165) is 173 Å². The molecular formula is C83H136O17P2. The number of rotatable bonds is 71. The average molecular weight is 1470 g/mol. The van der Waals surface area contributed by atoms with Crippen LogP contribution < -0.4 is 0 Å². The van der Waals surface area contributed by atoms with Crippen LogP contribution in [0.5, 0.6) is 0 Å². The number of aliphatic hydroxyl groups is 1. The molecule has 0 spiro atoms. The maximum Gasteiger partial charge on any atom is 0.472 e. The Balaban J connectivity index is 5.47. The van der Waals surface area contributed by atoms with E-state index in [1.165, 1.54) is 25.7 Å². The number of hydrogen-bond donors (Lipinski definition) is 3. The lowest BCUT2D eigenvalue weighted by Crippen LogP contribution is -2.30. The molecule has 17 nitrogen and oxygen atoms in total. The van der Waals surface area contributed by atoms with E-state index in [0.29, 0.717) is 32.1 Å². The Hall–Kier alpha value is -5.32. The van der Waals surface area contributed by atoms with Gasteiger partial charge in [-0.2, -0.15) is 0 Å². The van der Waals surface area contributed by atoms with Crippen LogP contribution in [0.25, 0.3) is 0 Å². The van der Waals surface area contributed by atoms with Gasteiger partial charge in [0.1, 0.15) is 19.3 Å². The highest BCUT2D eigenvalue weighted by Crippen LogP contribution is 2.45. The molecule has 0 saturated carbocycles. The van der Waals surface area contributed by atoms with Crippen molar-refractivity contribution < 1.29 is 80.2 Å². The van der Waals surface area contributed by atoms with Crippen LogP contribution >= 0.6 is 15.6 Å². The molecule has 0 aromatic rings. The van der Waals surface area contributed by atoms with Crippen LogP contribution in [-0.2, 0) is 65.4 Å². The third kappa shape index (κ3) is 73.0. The Bertz CT molecular complexity index is 2550. The normalized spacial score (nSPS) is 14.8. The van der Waals surface area contributed by atoms with Gasteiger partial charge in [-0.1, -0.05) is 256 Å². The average Bonchev–Trinajstić information content (AvgIpc) is 0.923. The molecule has 0 saturated heterocycles. The fourth-order valence-corrected chi connectivity index (χ4v) is 11.2. The maximum atomic E-state index is 13.1. The van der Waals surface area contributed by atoms with Crippen molar-refractivity contribution in [2.24, 2.45) is 0 Å². The Morgan fingerprint density at radius 2 is 0.539 bits per heavy atom. The number of aliphatic hydroxyl groups excluding tert-OH is 1. The van der Waals surface area contributed by atoms with Gasteiger partial charge in [0.15, 0.2) is 12.2 Å². The first-order chi connectivity index (χ1) is 49.7. The van der Waals surface area contributed by atoms with Gasteiger partial charge in [0.2, 0.25) is 0 Å². The first kappa shape index (κ1) is 96.7. The summed E-state index contributed by atoms with van der Waals surface area (Å²) < 4.78 is 68.4. The van der Waals surface area contributed by atoms with E-state index in [1.54, 1.807) is 0 Å². The number of unbranched alkanes of at least 4 members (excludes halogenated alkanes) is 19. The van der Waals surface area contributed by atoms with Crippen molar-refractivity contribution in [1.29, 1.82) is 0 Å². The van der Waals surface area contributed by atoms with Crippen LogP contribution in [0.15, 0.2) is 158 Å². The molecule has 0 aliphatic heterocycles. The van der Waals surface area contributed by atoms with Gasteiger partial charge in [0.05, 0.1) is 26.4 Å². The van der Waals surface area contributed by atoms with Crippen molar-refractivity contribution in [3.63, 3.8) is 0 Å². The molecule has 580 valence electrons. The van der Waals surface area contributed by atoms with E-state index < -0.39 is 97.5 Å². The predicted octanol–water partition coefficient (Wildman–Crippen LogP) is 22.4. The monoisotopic (exact) mass is 1470 g/mol.